The lowest BCUT2D eigenvalue weighted by molar-refractivity contribution is 0.0376. The molecule has 3 aromatic rings. The molecule has 2 amide bonds. The van der Waals surface area contributed by atoms with Gasteiger partial charge in [-0.2, -0.15) is 5.10 Å². The molecule has 2 aromatic heterocycles. The van der Waals surface area contributed by atoms with Crippen LogP contribution in [0, 0.1) is 13.8 Å². The highest BCUT2D eigenvalue weighted by molar-refractivity contribution is 6.06. The van der Waals surface area contributed by atoms with Gasteiger partial charge in [-0.05, 0) is 45.7 Å². The average molecular weight is 482 g/mol. The summed E-state index contributed by atoms with van der Waals surface area (Å²) in [7, 11) is 0. The van der Waals surface area contributed by atoms with E-state index in [9.17, 15) is 19.2 Å². The van der Waals surface area contributed by atoms with Gasteiger partial charge in [0.2, 0.25) is 0 Å². The molecule has 10 heteroatoms. The maximum Gasteiger partial charge on any atom is 0.340 e. The van der Waals surface area contributed by atoms with Gasteiger partial charge in [-0.1, -0.05) is 38.0 Å². The first-order valence-corrected chi connectivity index (χ1v) is 11.7. The monoisotopic (exact) mass is 481 g/mol. The summed E-state index contributed by atoms with van der Waals surface area (Å²) in [5.41, 5.74) is 5.78. The van der Waals surface area contributed by atoms with Crippen LogP contribution in [0.5, 0.6) is 0 Å². The lowest BCUT2D eigenvalue weighted by atomic mass is 10.1. The second-order valence-corrected chi connectivity index (χ2v) is 8.62. The fourth-order valence-corrected chi connectivity index (χ4v) is 3.86. The van der Waals surface area contributed by atoms with Crippen LogP contribution in [-0.2, 0) is 11.3 Å². The standard InChI is InChI=1S/C25H31N5O5/c1-6-7-10-13-30-24(33)18-12-9-8-11-17(18)21(29-30)23(32)28-27-22(31)20-15(4)19(16(5)26-20)25(34)35-14(2)3/h8-9,11-12,14,26H,6-7,10,13H2,1-5H3,(H,27,31)(H,28,32). The molecule has 0 saturated carbocycles. The van der Waals surface area contributed by atoms with Crippen LogP contribution >= 0.6 is 0 Å². The molecular formula is C25H31N5O5. The van der Waals surface area contributed by atoms with E-state index in [1.54, 1.807) is 52.0 Å². The van der Waals surface area contributed by atoms with E-state index in [2.05, 4.69) is 27.9 Å². The van der Waals surface area contributed by atoms with E-state index in [0.717, 1.165) is 19.3 Å². The summed E-state index contributed by atoms with van der Waals surface area (Å²) >= 11 is 0. The van der Waals surface area contributed by atoms with Crippen molar-refractivity contribution in [3.05, 3.63) is 62.8 Å². The number of carbonyl (C=O) groups excluding carboxylic acids is 3. The van der Waals surface area contributed by atoms with Crippen LogP contribution in [0.2, 0.25) is 0 Å². The first-order chi connectivity index (χ1) is 16.6. The number of hydrogen-bond acceptors (Lipinski definition) is 6. The van der Waals surface area contributed by atoms with E-state index in [-0.39, 0.29) is 28.6 Å². The Kier molecular flexibility index (Phi) is 8.06. The molecule has 0 aliphatic rings. The fraction of sp³-hybridized carbons (Fsp3) is 0.400. The van der Waals surface area contributed by atoms with Crippen molar-refractivity contribution in [2.24, 2.45) is 0 Å². The highest BCUT2D eigenvalue weighted by Crippen LogP contribution is 2.20. The van der Waals surface area contributed by atoms with Crippen LogP contribution in [0.25, 0.3) is 10.8 Å². The molecule has 0 aliphatic heterocycles. The fourth-order valence-electron chi connectivity index (χ4n) is 3.86. The predicted octanol–water partition coefficient (Wildman–Crippen LogP) is 3.17. The minimum Gasteiger partial charge on any atom is -0.459 e. The summed E-state index contributed by atoms with van der Waals surface area (Å²) in [6.07, 6.45) is 2.36. The number of aromatic amines is 1. The van der Waals surface area contributed by atoms with Gasteiger partial charge in [-0.3, -0.25) is 25.2 Å². The van der Waals surface area contributed by atoms with Gasteiger partial charge < -0.3 is 9.72 Å². The molecule has 0 radical (unpaired) electrons. The van der Waals surface area contributed by atoms with Crippen molar-refractivity contribution in [3.8, 4) is 0 Å². The minimum absolute atomic E-state index is 0.0255. The van der Waals surface area contributed by atoms with Gasteiger partial charge in [-0.15, -0.1) is 0 Å². The Morgan fingerprint density at radius 2 is 1.71 bits per heavy atom. The summed E-state index contributed by atoms with van der Waals surface area (Å²) < 4.78 is 6.54. The third-order valence-corrected chi connectivity index (χ3v) is 5.56. The molecule has 0 unspecified atom stereocenters. The van der Waals surface area contributed by atoms with Crippen LogP contribution in [0.15, 0.2) is 29.1 Å². The van der Waals surface area contributed by atoms with E-state index in [1.807, 2.05) is 0 Å². The summed E-state index contributed by atoms with van der Waals surface area (Å²) in [6, 6.07) is 6.72. The molecular weight excluding hydrogens is 450 g/mol. The Hall–Kier alpha value is -3.95. The van der Waals surface area contributed by atoms with E-state index in [4.69, 9.17) is 4.74 Å². The number of nitrogens with one attached hydrogen (secondary N) is 3. The molecule has 0 atom stereocenters. The molecule has 3 N–H and O–H groups in total. The number of rotatable bonds is 8. The van der Waals surface area contributed by atoms with Crippen molar-refractivity contribution in [1.82, 2.24) is 25.6 Å². The van der Waals surface area contributed by atoms with Crippen LogP contribution < -0.4 is 16.4 Å². The lowest BCUT2D eigenvalue weighted by Gasteiger charge is -2.12. The summed E-state index contributed by atoms with van der Waals surface area (Å²) in [6.45, 7) is 9.21. The third kappa shape index (κ3) is 5.59. The average Bonchev–Trinajstić information content (AvgIpc) is 3.12. The second-order valence-electron chi connectivity index (χ2n) is 8.62. The zero-order chi connectivity index (χ0) is 25.7. The van der Waals surface area contributed by atoms with Crippen LogP contribution in [0.4, 0.5) is 0 Å². The van der Waals surface area contributed by atoms with Crippen molar-refractivity contribution >= 4 is 28.6 Å². The SMILES string of the molecule is CCCCCn1nc(C(=O)NNC(=O)c2[nH]c(C)c(C(=O)OC(C)C)c2C)c2ccccc2c1=O. The number of amides is 2. The zero-order valence-electron chi connectivity index (χ0n) is 20.7. The number of benzene rings is 1. The number of hydrazine groups is 1. The van der Waals surface area contributed by atoms with Crippen LogP contribution in [0.3, 0.4) is 0 Å². The Balaban J connectivity index is 1.83. The van der Waals surface area contributed by atoms with E-state index in [0.29, 0.717) is 28.6 Å². The van der Waals surface area contributed by atoms with Gasteiger partial charge in [-0.25, -0.2) is 9.48 Å². The van der Waals surface area contributed by atoms with Crippen LogP contribution in [0.1, 0.15) is 82.6 Å². The number of carbonyl (C=O) groups is 3. The van der Waals surface area contributed by atoms with Crippen molar-refractivity contribution in [1.29, 1.82) is 0 Å². The smallest absolute Gasteiger partial charge is 0.340 e. The minimum atomic E-state index is -0.667. The first kappa shape index (κ1) is 25.7. The molecule has 3 rings (SSSR count). The molecule has 0 saturated heterocycles. The first-order valence-electron chi connectivity index (χ1n) is 11.7. The van der Waals surface area contributed by atoms with Crippen molar-refractivity contribution in [3.63, 3.8) is 0 Å². The second kappa shape index (κ2) is 11.0. The van der Waals surface area contributed by atoms with Gasteiger partial charge in [0.25, 0.3) is 17.4 Å². The predicted molar refractivity (Wildman–Crippen MR) is 131 cm³/mol. The molecule has 2 heterocycles. The summed E-state index contributed by atoms with van der Waals surface area (Å²) in [4.78, 5) is 53.8. The quantitative estimate of drug-likeness (QED) is 0.257. The highest BCUT2D eigenvalue weighted by Gasteiger charge is 2.24. The molecule has 1 aromatic carbocycles. The summed E-state index contributed by atoms with van der Waals surface area (Å²) in [5, 5.41) is 5.05. The molecule has 186 valence electrons. The number of nitrogens with zero attached hydrogens (tertiary/aromatic N) is 2. The lowest BCUT2D eigenvalue weighted by Crippen LogP contribution is -2.43. The topological polar surface area (TPSA) is 135 Å². The van der Waals surface area contributed by atoms with E-state index in [1.165, 1.54) is 4.68 Å². The number of ether oxygens (including phenoxy) is 1. The van der Waals surface area contributed by atoms with Crippen molar-refractivity contribution in [2.75, 3.05) is 0 Å². The van der Waals surface area contributed by atoms with Gasteiger partial charge in [0, 0.05) is 17.6 Å². The van der Waals surface area contributed by atoms with Gasteiger partial charge in [0.1, 0.15) is 5.69 Å². The van der Waals surface area contributed by atoms with Gasteiger partial charge in [0.15, 0.2) is 5.69 Å². The van der Waals surface area contributed by atoms with E-state index >= 15 is 0 Å². The number of fused-ring (bicyclic) bond motifs is 1. The Labute approximate surface area is 203 Å². The van der Waals surface area contributed by atoms with Crippen molar-refractivity contribution < 1.29 is 19.1 Å². The number of aryl methyl sites for hydroxylation is 2. The largest absolute Gasteiger partial charge is 0.459 e. The molecule has 10 nitrogen and oxygen atoms in total. The Morgan fingerprint density at radius 1 is 1.06 bits per heavy atom. The maximum atomic E-state index is 13.0. The number of aromatic nitrogens is 3. The normalized spacial score (nSPS) is 11.0. The van der Waals surface area contributed by atoms with Crippen molar-refractivity contribution in [2.45, 2.75) is 66.5 Å². The Bertz CT molecular complexity index is 1320. The highest BCUT2D eigenvalue weighted by atomic mass is 16.5. The molecule has 0 aliphatic carbocycles. The number of unbranched alkanes of at least 4 members (excludes halogenated alkanes) is 2. The Morgan fingerprint density at radius 3 is 2.37 bits per heavy atom. The van der Waals surface area contributed by atoms with Crippen LogP contribution in [-0.4, -0.2) is 38.7 Å². The van der Waals surface area contributed by atoms with Gasteiger partial charge >= 0.3 is 5.97 Å². The molecule has 0 fully saturated rings. The number of hydrogen-bond donors (Lipinski definition) is 3. The zero-order valence-corrected chi connectivity index (χ0v) is 20.7. The summed E-state index contributed by atoms with van der Waals surface area (Å²) in [5.74, 6) is -1.84. The molecule has 35 heavy (non-hydrogen) atoms. The molecule has 0 bridgehead atoms. The van der Waals surface area contributed by atoms with E-state index < -0.39 is 17.8 Å². The third-order valence-electron chi connectivity index (χ3n) is 5.56. The number of H-pyrrole nitrogens is 1. The molecule has 0 spiro atoms. The maximum absolute atomic E-state index is 13.0. The van der Waals surface area contributed by atoms with Gasteiger partial charge in [0.05, 0.1) is 17.1 Å². The number of esters is 1.